The van der Waals surface area contributed by atoms with E-state index in [1.54, 1.807) is 0 Å². The second-order valence-electron chi connectivity index (χ2n) is 5.82. The summed E-state index contributed by atoms with van der Waals surface area (Å²) in [6.07, 6.45) is 2.23. The average molecular weight is 311 g/mol. The zero-order chi connectivity index (χ0) is 15.4. The Bertz CT molecular complexity index is 676. The van der Waals surface area contributed by atoms with Crippen molar-refractivity contribution in [2.24, 2.45) is 0 Å². The fourth-order valence-electron chi connectivity index (χ4n) is 2.68. The first-order valence-corrected chi connectivity index (χ1v) is 8.92. The molecule has 1 aliphatic heterocycles. The second kappa shape index (κ2) is 7.03. The third kappa shape index (κ3) is 3.93. The van der Waals surface area contributed by atoms with E-state index in [1.165, 1.54) is 16.7 Å². The number of hydrogen-bond donors (Lipinski definition) is 0. The molecule has 1 atom stereocenters. The van der Waals surface area contributed by atoms with Crippen LogP contribution in [0, 0.1) is 6.92 Å². The lowest BCUT2D eigenvalue weighted by Crippen LogP contribution is -2.21. The van der Waals surface area contributed by atoms with Crippen molar-refractivity contribution in [3.8, 4) is 0 Å². The van der Waals surface area contributed by atoms with Crippen LogP contribution in [0.4, 0.5) is 0 Å². The van der Waals surface area contributed by atoms with Crippen molar-refractivity contribution in [1.82, 2.24) is 4.90 Å². The molecule has 0 unspecified atom stereocenters. The van der Waals surface area contributed by atoms with E-state index in [1.807, 2.05) is 37.3 Å². The summed E-state index contributed by atoms with van der Waals surface area (Å²) in [7, 11) is -0.938. The molecule has 0 aromatic heterocycles. The number of benzene rings is 2. The molecule has 1 heterocycles. The van der Waals surface area contributed by atoms with E-state index in [2.05, 4.69) is 35.2 Å². The molecule has 0 saturated carbocycles. The minimum atomic E-state index is -0.938. The molecule has 3 heteroatoms. The van der Waals surface area contributed by atoms with E-state index < -0.39 is 10.8 Å². The molecule has 2 nitrogen and oxygen atoms in total. The molecule has 0 radical (unpaired) electrons. The van der Waals surface area contributed by atoms with Gasteiger partial charge in [-0.05, 0) is 30.2 Å². The lowest BCUT2D eigenvalue weighted by Gasteiger charge is -2.15. The van der Waals surface area contributed by atoms with Crippen LogP contribution in [-0.4, -0.2) is 28.0 Å². The van der Waals surface area contributed by atoms with Crippen molar-refractivity contribution < 1.29 is 4.21 Å². The van der Waals surface area contributed by atoms with Gasteiger partial charge in [-0.25, -0.2) is 0 Å². The zero-order valence-electron chi connectivity index (χ0n) is 12.9. The van der Waals surface area contributed by atoms with Crippen LogP contribution in [-0.2, 0) is 17.3 Å². The van der Waals surface area contributed by atoms with E-state index >= 15 is 0 Å². The van der Waals surface area contributed by atoms with Gasteiger partial charge in [0.05, 0.1) is 16.6 Å². The van der Waals surface area contributed by atoms with Crippen LogP contribution in [0.3, 0.4) is 0 Å². The van der Waals surface area contributed by atoms with Gasteiger partial charge in [-0.3, -0.25) is 9.11 Å². The first-order valence-electron chi connectivity index (χ1n) is 7.60. The molecular formula is C19H21NOS. The maximum Gasteiger partial charge on any atom is 0.0571 e. The van der Waals surface area contributed by atoms with Gasteiger partial charge in [0, 0.05) is 24.5 Å². The predicted molar refractivity (Wildman–Crippen MR) is 92.3 cm³/mol. The minimum Gasteiger partial charge on any atom is -0.291 e. The Balaban J connectivity index is 1.54. The maximum absolute atomic E-state index is 12.4. The zero-order valence-corrected chi connectivity index (χ0v) is 13.7. The summed E-state index contributed by atoms with van der Waals surface area (Å²) < 4.78 is 12.4. The molecule has 0 N–H and O–H groups in total. The summed E-state index contributed by atoms with van der Waals surface area (Å²) in [5.41, 5.74) is 3.82. The Morgan fingerprint density at radius 2 is 1.77 bits per heavy atom. The van der Waals surface area contributed by atoms with Crippen LogP contribution in [0.2, 0.25) is 0 Å². The molecule has 3 rings (SSSR count). The summed E-state index contributed by atoms with van der Waals surface area (Å²) in [6, 6.07) is 18.5. The maximum atomic E-state index is 12.4. The molecular weight excluding hydrogens is 290 g/mol. The van der Waals surface area contributed by atoms with E-state index in [9.17, 15) is 4.21 Å². The van der Waals surface area contributed by atoms with Gasteiger partial charge in [-0.2, -0.15) is 0 Å². The molecule has 0 bridgehead atoms. The average Bonchev–Trinajstić information content (AvgIpc) is 2.96. The smallest absolute Gasteiger partial charge is 0.0571 e. The van der Waals surface area contributed by atoms with Crippen LogP contribution in [0.1, 0.15) is 11.1 Å². The monoisotopic (exact) mass is 311 g/mol. The summed E-state index contributed by atoms with van der Waals surface area (Å²) >= 11 is 0. The highest BCUT2D eigenvalue weighted by Crippen LogP contribution is 2.17. The Kier molecular flexibility index (Phi) is 4.86. The summed E-state index contributed by atoms with van der Waals surface area (Å²) in [4.78, 5) is 3.31. The topological polar surface area (TPSA) is 20.3 Å². The fourth-order valence-corrected chi connectivity index (χ4v) is 3.84. The van der Waals surface area contributed by atoms with E-state index in [0.717, 1.165) is 24.5 Å². The fraction of sp³-hybridized carbons (Fsp3) is 0.263. The first kappa shape index (κ1) is 15.2. The molecule has 0 spiro atoms. The van der Waals surface area contributed by atoms with Gasteiger partial charge in [0.1, 0.15) is 0 Å². The first-order chi connectivity index (χ1) is 10.7. The Hall–Kier alpha value is -1.71. The Labute approximate surface area is 134 Å². The molecule has 0 saturated heterocycles. The van der Waals surface area contributed by atoms with Crippen molar-refractivity contribution in [2.75, 3.05) is 18.8 Å². The highest BCUT2D eigenvalue weighted by molar-refractivity contribution is 7.85. The largest absolute Gasteiger partial charge is 0.291 e. The van der Waals surface area contributed by atoms with Crippen LogP contribution in [0.15, 0.2) is 71.1 Å². The highest BCUT2D eigenvalue weighted by atomic mass is 32.2. The summed E-state index contributed by atoms with van der Waals surface area (Å²) in [6.45, 7) is 4.88. The van der Waals surface area contributed by atoms with Gasteiger partial charge >= 0.3 is 0 Å². The quantitative estimate of drug-likeness (QED) is 0.787. The van der Waals surface area contributed by atoms with Crippen molar-refractivity contribution >= 4 is 10.8 Å². The van der Waals surface area contributed by atoms with Gasteiger partial charge in [-0.1, -0.05) is 54.1 Å². The van der Waals surface area contributed by atoms with Gasteiger partial charge in [-0.15, -0.1) is 0 Å². The third-order valence-corrected chi connectivity index (χ3v) is 5.35. The standard InChI is InChI=1S/C19H21NOS/c1-16-7-9-19(10-8-16)22(21)15-18-11-12-20(14-18)13-17-5-3-2-4-6-17/h2-11H,12-15H2,1H3/t22-/m0/s1. The van der Waals surface area contributed by atoms with Gasteiger partial charge in [0.15, 0.2) is 0 Å². The lowest BCUT2D eigenvalue weighted by molar-refractivity contribution is 0.341. The van der Waals surface area contributed by atoms with Crippen LogP contribution < -0.4 is 0 Å². The molecule has 0 amide bonds. The van der Waals surface area contributed by atoms with Crippen molar-refractivity contribution in [3.05, 3.63) is 77.4 Å². The SMILES string of the molecule is Cc1ccc([S@@](=O)CC2=CCN(Cc3ccccc3)C2)cc1. The molecule has 114 valence electrons. The van der Waals surface area contributed by atoms with Crippen LogP contribution in [0.5, 0.6) is 0 Å². The van der Waals surface area contributed by atoms with E-state index in [-0.39, 0.29) is 0 Å². The van der Waals surface area contributed by atoms with Gasteiger partial charge in [0.25, 0.3) is 0 Å². The van der Waals surface area contributed by atoms with Crippen molar-refractivity contribution in [2.45, 2.75) is 18.4 Å². The number of aryl methyl sites for hydroxylation is 1. The Morgan fingerprint density at radius 3 is 2.50 bits per heavy atom. The van der Waals surface area contributed by atoms with Crippen LogP contribution in [0.25, 0.3) is 0 Å². The summed E-state index contributed by atoms with van der Waals surface area (Å²) in [5, 5.41) is 0. The minimum absolute atomic E-state index is 0.647. The molecule has 2 aromatic rings. The van der Waals surface area contributed by atoms with E-state index in [0.29, 0.717) is 5.75 Å². The molecule has 0 aliphatic carbocycles. The number of nitrogens with zero attached hydrogens (tertiary/aromatic N) is 1. The predicted octanol–water partition coefficient (Wildman–Crippen LogP) is 3.54. The van der Waals surface area contributed by atoms with Gasteiger partial charge < -0.3 is 0 Å². The third-order valence-electron chi connectivity index (χ3n) is 3.91. The number of rotatable bonds is 5. The molecule has 2 aromatic carbocycles. The highest BCUT2D eigenvalue weighted by Gasteiger charge is 2.16. The molecule has 22 heavy (non-hydrogen) atoms. The normalized spacial score (nSPS) is 16.5. The van der Waals surface area contributed by atoms with Crippen molar-refractivity contribution in [3.63, 3.8) is 0 Å². The number of hydrogen-bond acceptors (Lipinski definition) is 2. The Morgan fingerprint density at radius 1 is 1.05 bits per heavy atom. The van der Waals surface area contributed by atoms with Crippen LogP contribution >= 0.6 is 0 Å². The van der Waals surface area contributed by atoms with Gasteiger partial charge in [0.2, 0.25) is 0 Å². The van der Waals surface area contributed by atoms with E-state index in [4.69, 9.17) is 0 Å². The molecule has 0 fully saturated rings. The second-order valence-corrected chi connectivity index (χ2v) is 7.27. The lowest BCUT2D eigenvalue weighted by atomic mass is 10.2. The molecule has 1 aliphatic rings. The summed E-state index contributed by atoms with van der Waals surface area (Å²) in [5.74, 6) is 0.647. The van der Waals surface area contributed by atoms with Crippen molar-refractivity contribution in [1.29, 1.82) is 0 Å².